The molecular weight excluding hydrogens is 402 g/mol. The van der Waals surface area contributed by atoms with Gasteiger partial charge in [0.1, 0.15) is 10.1 Å². The van der Waals surface area contributed by atoms with Gasteiger partial charge in [-0.25, -0.2) is 0 Å². The zero-order valence-corrected chi connectivity index (χ0v) is 15.8. The second-order valence-corrected chi connectivity index (χ2v) is 7.32. The highest BCUT2D eigenvalue weighted by molar-refractivity contribution is 9.10. The van der Waals surface area contributed by atoms with Crippen molar-refractivity contribution >= 4 is 62.2 Å². The van der Waals surface area contributed by atoms with Gasteiger partial charge in [0.15, 0.2) is 4.67 Å². The number of carbonyl (C=O) groups is 2. The molecule has 0 radical (unpaired) electrons. The molecule has 0 N–H and O–H groups in total. The van der Waals surface area contributed by atoms with Crippen LogP contribution in [0.15, 0.2) is 26.1 Å². The molecule has 2 heterocycles. The number of rotatable bonds is 7. The van der Waals surface area contributed by atoms with Gasteiger partial charge in [-0.05, 0) is 40.9 Å². The number of methoxy groups -OCH3 is 1. The van der Waals surface area contributed by atoms with Gasteiger partial charge in [0.2, 0.25) is 0 Å². The van der Waals surface area contributed by atoms with Crippen molar-refractivity contribution in [3.8, 4) is 0 Å². The highest BCUT2D eigenvalue weighted by atomic mass is 79.9. The Balaban J connectivity index is 1.84. The molecule has 1 aliphatic heterocycles. The van der Waals surface area contributed by atoms with E-state index in [0.717, 1.165) is 19.3 Å². The van der Waals surface area contributed by atoms with Crippen LogP contribution in [0.3, 0.4) is 0 Å². The van der Waals surface area contributed by atoms with Crippen LogP contribution >= 0.6 is 39.9 Å². The van der Waals surface area contributed by atoms with Crippen molar-refractivity contribution in [1.29, 1.82) is 0 Å². The Bertz CT molecular complexity index is 641. The average Bonchev–Trinajstić information content (AvgIpc) is 3.04. The molecule has 1 aromatic rings. The number of furan rings is 1. The summed E-state index contributed by atoms with van der Waals surface area (Å²) >= 11 is 9.77. The van der Waals surface area contributed by atoms with Crippen molar-refractivity contribution in [2.75, 3.05) is 13.7 Å². The highest BCUT2D eigenvalue weighted by Gasteiger charge is 2.31. The summed E-state index contributed by atoms with van der Waals surface area (Å²) in [6.07, 6.45) is 4.49. The van der Waals surface area contributed by atoms with Crippen LogP contribution in [0.25, 0.3) is 6.08 Å². The number of amides is 1. The minimum atomic E-state index is -0.205. The fraction of sp³-hybridized carbons (Fsp3) is 0.400. The lowest BCUT2D eigenvalue weighted by Crippen LogP contribution is -2.29. The first-order valence-corrected chi connectivity index (χ1v) is 9.10. The van der Waals surface area contributed by atoms with Crippen LogP contribution in [0.2, 0.25) is 0 Å². The Kier molecular flexibility index (Phi) is 6.86. The molecule has 1 aromatic heterocycles. The fourth-order valence-corrected chi connectivity index (χ4v) is 3.65. The van der Waals surface area contributed by atoms with Gasteiger partial charge < -0.3 is 9.15 Å². The summed E-state index contributed by atoms with van der Waals surface area (Å²) in [7, 11) is 1.38. The Morgan fingerprint density at radius 1 is 1.43 bits per heavy atom. The molecule has 0 unspecified atom stereocenters. The monoisotopic (exact) mass is 417 g/mol. The van der Waals surface area contributed by atoms with Crippen LogP contribution in [0.4, 0.5) is 0 Å². The van der Waals surface area contributed by atoms with E-state index in [1.165, 1.54) is 18.9 Å². The summed E-state index contributed by atoms with van der Waals surface area (Å²) < 4.78 is 11.1. The van der Waals surface area contributed by atoms with E-state index in [2.05, 4.69) is 20.7 Å². The number of ether oxygens (including phenoxy) is 1. The van der Waals surface area contributed by atoms with E-state index in [1.807, 2.05) is 0 Å². The van der Waals surface area contributed by atoms with Crippen LogP contribution in [-0.2, 0) is 14.3 Å². The van der Waals surface area contributed by atoms with E-state index in [9.17, 15) is 9.59 Å². The maximum atomic E-state index is 12.4. The summed E-state index contributed by atoms with van der Waals surface area (Å²) in [5.74, 6) is 0.305. The first kappa shape index (κ1) is 18.2. The number of nitrogens with zero attached hydrogens (tertiary/aromatic N) is 1. The van der Waals surface area contributed by atoms with Gasteiger partial charge in [-0.15, -0.1) is 0 Å². The van der Waals surface area contributed by atoms with E-state index in [1.54, 1.807) is 23.1 Å². The Labute approximate surface area is 152 Å². The topological polar surface area (TPSA) is 59.8 Å². The third kappa shape index (κ3) is 5.19. The maximum absolute atomic E-state index is 12.4. The molecular formula is C15H16BrNO4S2. The highest BCUT2D eigenvalue weighted by Crippen LogP contribution is 2.33. The quantitative estimate of drug-likeness (QED) is 0.289. The van der Waals surface area contributed by atoms with Gasteiger partial charge in [-0.2, -0.15) is 0 Å². The average molecular weight is 418 g/mol. The summed E-state index contributed by atoms with van der Waals surface area (Å²) in [5.41, 5.74) is 0. The van der Waals surface area contributed by atoms with Crippen LogP contribution in [0, 0.1) is 0 Å². The summed E-state index contributed by atoms with van der Waals surface area (Å²) in [6, 6.07) is 3.55. The first-order valence-electron chi connectivity index (χ1n) is 7.09. The molecule has 0 aromatic carbocycles. The van der Waals surface area contributed by atoms with E-state index < -0.39 is 0 Å². The molecule has 0 bridgehead atoms. The van der Waals surface area contributed by atoms with Gasteiger partial charge >= 0.3 is 5.97 Å². The number of thioether (sulfide) groups is 1. The Hall–Kier alpha value is -1.12. The second kappa shape index (κ2) is 8.65. The molecule has 0 saturated carbocycles. The number of unbranched alkanes of at least 4 members (excludes halogenated alkanes) is 2. The predicted molar refractivity (Wildman–Crippen MR) is 96.8 cm³/mol. The molecule has 2 rings (SSSR count). The molecule has 0 spiro atoms. The molecule has 1 aliphatic rings. The zero-order chi connectivity index (χ0) is 16.8. The lowest BCUT2D eigenvalue weighted by Gasteiger charge is -2.13. The van der Waals surface area contributed by atoms with E-state index in [-0.39, 0.29) is 11.9 Å². The molecule has 124 valence electrons. The number of hydrogen-bond donors (Lipinski definition) is 0. The number of halogens is 1. The van der Waals surface area contributed by atoms with Crippen molar-refractivity contribution in [2.45, 2.75) is 25.7 Å². The van der Waals surface area contributed by atoms with E-state index in [4.69, 9.17) is 16.6 Å². The zero-order valence-electron chi connectivity index (χ0n) is 12.5. The van der Waals surface area contributed by atoms with Crippen molar-refractivity contribution in [2.24, 2.45) is 0 Å². The number of hydrogen-bond acceptors (Lipinski definition) is 6. The molecule has 5 nitrogen and oxygen atoms in total. The van der Waals surface area contributed by atoms with Crippen molar-refractivity contribution in [3.05, 3.63) is 27.5 Å². The van der Waals surface area contributed by atoms with Gasteiger partial charge in [-0.1, -0.05) is 30.4 Å². The minimum Gasteiger partial charge on any atom is -0.469 e. The van der Waals surface area contributed by atoms with Crippen LogP contribution in [0.5, 0.6) is 0 Å². The summed E-state index contributed by atoms with van der Waals surface area (Å²) in [4.78, 5) is 25.6. The summed E-state index contributed by atoms with van der Waals surface area (Å²) in [6.45, 7) is 0.561. The van der Waals surface area contributed by atoms with E-state index in [0.29, 0.717) is 32.6 Å². The number of esters is 1. The lowest BCUT2D eigenvalue weighted by atomic mass is 10.2. The van der Waals surface area contributed by atoms with Gasteiger partial charge in [0.25, 0.3) is 5.91 Å². The lowest BCUT2D eigenvalue weighted by molar-refractivity contribution is -0.140. The van der Waals surface area contributed by atoms with Crippen LogP contribution < -0.4 is 0 Å². The second-order valence-electron chi connectivity index (χ2n) is 4.86. The number of carbonyl (C=O) groups excluding carboxylic acids is 2. The molecule has 8 heteroatoms. The largest absolute Gasteiger partial charge is 0.469 e. The number of thiocarbonyl (C=S) groups is 1. The standard InChI is InChI=1S/C15H16BrNO4S2/c1-20-13(18)5-3-2-4-8-17-14(19)11(23-15(17)22)9-10-6-7-12(16)21-10/h6-7,9H,2-5,8H2,1H3/b11-9+. The summed E-state index contributed by atoms with van der Waals surface area (Å²) in [5, 5.41) is 0. The van der Waals surface area contributed by atoms with Gasteiger partial charge in [-0.3, -0.25) is 14.5 Å². The normalized spacial score (nSPS) is 16.4. The molecule has 1 fully saturated rings. The van der Waals surface area contributed by atoms with Crippen LogP contribution in [-0.4, -0.2) is 34.8 Å². The van der Waals surface area contributed by atoms with E-state index >= 15 is 0 Å². The predicted octanol–water partition coefficient (Wildman–Crippen LogP) is 3.98. The fourth-order valence-electron chi connectivity index (χ4n) is 2.05. The van der Waals surface area contributed by atoms with Crippen LogP contribution in [0.1, 0.15) is 31.4 Å². The molecule has 1 saturated heterocycles. The van der Waals surface area contributed by atoms with Crippen molar-refractivity contribution in [1.82, 2.24) is 4.90 Å². The van der Waals surface area contributed by atoms with Crippen molar-refractivity contribution in [3.63, 3.8) is 0 Å². The smallest absolute Gasteiger partial charge is 0.305 e. The molecule has 0 atom stereocenters. The van der Waals surface area contributed by atoms with Gasteiger partial charge in [0, 0.05) is 19.0 Å². The Morgan fingerprint density at radius 3 is 2.87 bits per heavy atom. The molecule has 1 amide bonds. The molecule has 23 heavy (non-hydrogen) atoms. The first-order chi connectivity index (χ1) is 11.0. The SMILES string of the molecule is COC(=O)CCCCCN1C(=O)/C(=C\c2ccc(Br)o2)SC1=S. The molecule has 0 aliphatic carbocycles. The minimum absolute atomic E-state index is 0.0968. The third-order valence-electron chi connectivity index (χ3n) is 3.23. The third-order valence-corrected chi connectivity index (χ3v) is 5.04. The maximum Gasteiger partial charge on any atom is 0.305 e. The Morgan fingerprint density at radius 2 is 2.22 bits per heavy atom. The van der Waals surface area contributed by atoms with Crippen molar-refractivity contribution < 1.29 is 18.7 Å². The van der Waals surface area contributed by atoms with Gasteiger partial charge in [0.05, 0.1) is 12.0 Å².